The number of furan rings is 1. The normalized spacial score (nSPS) is 13.3. The molecule has 74 valence electrons. The van der Waals surface area contributed by atoms with Crippen LogP contribution in [0.15, 0.2) is 29.0 Å². The van der Waals surface area contributed by atoms with Crippen molar-refractivity contribution in [2.75, 3.05) is 6.61 Å². The molecular formula is C10H12N2O2. The van der Waals surface area contributed by atoms with E-state index in [2.05, 4.69) is 4.98 Å². The van der Waals surface area contributed by atoms with Crippen LogP contribution in [-0.4, -0.2) is 16.7 Å². The van der Waals surface area contributed by atoms with Gasteiger partial charge in [0.05, 0.1) is 18.2 Å². The molecule has 2 rings (SSSR count). The lowest BCUT2D eigenvalue weighted by atomic mass is 10.1. The molecule has 4 heteroatoms. The van der Waals surface area contributed by atoms with Gasteiger partial charge >= 0.3 is 0 Å². The Labute approximate surface area is 81.4 Å². The summed E-state index contributed by atoms with van der Waals surface area (Å²) in [5.41, 5.74) is 7.35. The van der Waals surface area contributed by atoms with E-state index in [-0.39, 0.29) is 12.6 Å². The summed E-state index contributed by atoms with van der Waals surface area (Å²) in [6.45, 7) is 0.0757. The number of hydrogen-bond acceptors (Lipinski definition) is 4. The van der Waals surface area contributed by atoms with Gasteiger partial charge in [-0.25, -0.2) is 0 Å². The van der Waals surface area contributed by atoms with Gasteiger partial charge in [0.1, 0.15) is 0 Å². The number of aliphatic hydroxyl groups excluding tert-OH is 1. The molecule has 0 radical (unpaired) electrons. The molecule has 2 heterocycles. The molecule has 2 aromatic heterocycles. The molecule has 0 saturated carbocycles. The van der Waals surface area contributed by atoms with E-state index in [0.717, 1.165) is 16.7 Å². The largest absolute Gasteiger partial charge is 0.463 e. The second-order valence-corrected chi connectivity index (χ2v) is 3.19. The van der Waals surface area contributed by atoms with Crippen LogP contribution < -0.4 is 5.73 Å². The number of aliphatic hydroxyl groups is 1. The van der Waals surface area contributed by atoms with E-state index in [0.29, 0.717) is 6.42 Å². The van der Waals surface area contributed by atoms with Gasteiger partial charge in [-0.15, -0.1) is 0 Å². The van der Waals surface area contributed by atoms with Gasteiger partial charge in [0, 0.05) is 18.0 Å². The molecule has 0 amide bonds. The van der Waals surface area contributed by atoms with E-state index >= 15 is 0 Å². The molecule has 0 aromatic carbocycles. The van der Waals surface area contributed by atoms with Gasteiger partial charge in [0.25, 0.3) is 0 Å². The minimum atomic E-state index is -0.209. The van der Waals surface area contributed by atoms with Crippen molar-refractivity contribution >= 4 is 11.0 Å². The third-order valence-corrected chi connectivity index (χ3v) is 2.18. The molecular weight excluding hydrogens is 180 g/mol. The first-order valence-corrected chi connectivity index (χ1v) is 4.51. The molecule has 0 fully saturated rings. The lowest BCUT2D eigenvalue weighted by Gasteiger charge is -2.08. The van der Waals surface area contributed by atoms with Crippen molar-refractivity contribution < 1.29 is 9.52 Å². The molecule has 0 bridgehead atoms. The molecule has 14 heavy (non-hydrogen) atoms. The molecule has 2 aromatic rings. The van der Waals surface area contributed by atoms with Crippen LogP contribution in [0.2, 0.25) is 0 Å². The van der Waals surface area contributed by atoms with Crippen molar-refractivity contribution in [3.63, 3.8) is 0 Å². The van der Waals surface area contributed by atoms with Crippen molar-refractivity contribution in [1.29, 1.82) is 0 Å². The van der Waals surface area contributed by atoms with Crippen molar-refractivity contribution in [2.24, 2.45) is 5.73 Å². The standard InChI is InChI=1S/C10H12N2O2/c11-8(1-3-13)9-5-7-2-4-14-10(7)6-12-9/h2,4-6,8,13H,1,3,11H2. The van der Waals surface area contributed by atoms with Gasteiger partial charge in [-0.05, 0) is 18.6 Å². The smallest absolute Gasteiger partial charge is 0.152 e. The number of fused-ring (bicyclic) bond motifs is 1. The fraction of sp³-hybridized carbons (Fsp3) is 0.300. The number of nitrogens with two attached hydrogens (primary N) is 1. The highest BCUT2D eigenvalue weighted by molar-refractivity contribution is 5.76. The second kappa shape index (κ2) is 3.77. The van der Waals surface area contributed by atoms with E-state index in [1.54, 1.807) is 12.5 Å². The highest BCUT2D eigenvalue weighted by atomic mass is 16.3. The Balaban J connectivity index is 2.33. The Morgan fingerprint density at radius 3 is 3.21 bits per heavy atom. The maximum Gasteiger partial charge on any atom is 0.152 e. The second-order valence-electron chi connectivity index (χ2n) is 3.19. The summed E-state index contributed by atoms with van der Waals surface area (Å²) in [6.07, 6.45) is 3.80. The van der Waals surface area contributed by atoms with E-state index < -0.39 is 0 Å². The minimum absolute atomic E-state index is 0.0757. The summed E-state index contributed by atoms with van der Waals surface area (Å²) in [7, 11) is 0. The fourth-order valence-corrected chi connectivity index (χ4v) is 1.37. The summed E-state index contributed by atoms with van der Waals surface area (Å²) >= 11 is 0. The number of aromatic nitrogens is 1. The van der Waals surface area contributed by atoms with E-state index in [1.807, 2.05) is 12.1 Å². The number of nitrogens with zero attached hydrogens (tertiary/aromatic N) is 1. The topological polar surface area (TPSA) is 72.3 Å². The first kappa shape index (κ1) is 9.18. The van der Waals surface area contributed by atoms with Gasteiger partial charge in [-0.1, -0.05) is 0 Å². The van der Waals surface area contributed by atoms with Gasteiger partial charge in [0.15, 0.2) is 5.58 Å². The van der Waals surface area contributed by atoms with Crippen LogP contribution >= 0.6 is 0 Å². The monoisotopic (exact) mass is 192 g/mol. The number of rotatable bonds is 3. The highest BCUT2D eigenvalue weighted by Gasteiger charge is 2.08. The van der Waals surface area contributed by atoms with Gasteiger partial charge in [-0.2, -0.15) is 0 Å². The first-order valence-electron chi connectivity index (χ1n) is 4.51. The van der Waals surface area contributed by atoms with Crippen LogP contribution in [0.25, 0.3) is 11.0 Å². The zero-order chi connectivity index (χ0) is 9.97. The Hall–Kier alpha value is -1.39. The maximum atomic E-state index is 8.74. The predicted molar refractivity (Wildman–Crippen MR) is 52.6 cm³/mol. The molecule has 0 aliphatic heterocycles. The lowest BCUT2D eigenvalue weighted by molar-refractivity contribution is 0.275. The quantitative estimate of drug-likeness (QED) is 0.766. The van der Waals surface area contributed by atoms with E-state index in [4.69, 9.17) is 15.3 Å². The van der Waals surface area contributed by atoms with Gasteiger partial charge in [0.2, 0.25) is 0 Å². The Morgan fingerprint density at radius 1 is 1.57 bits per heavy atom. The third kappa shape index (κ3) is 1.62. The molecule has 0 aliphatic rings. The van der Waals surface area contributed by atoms with Crippen LogP contribution in [-0.2, 0) is 0 Å². The summed E-state index contributed by atoms with van der Waals surface area (Å²) in [5, 5.41) is 9.73. The molecule has 3 N–H and O–H groups in total. The fourth-order valence-electron chi connectivity index (χ4n) is 1.37. The number of pyridine rings is 1. The van der Waals surface area contributed by atoms with Crippen molar-refractivity contribution in [2.45, 2.75) is 12.5 Å². The molecule has 1 atom stereocenters. The van der Waals surface area contributed by atoms with Crippen LogP contribution in [0.1, 0.15) is 18.2 Å². The average molecular weight is 192 g/mol. The minimum Gasteiger partial charge on any atom is -0.463 e. The molecule has 4 nitrogen and oxygen atoms in total. The van der Waals surface area contributed by atoms with Crippen LogP contribution in [0, 0.1) is 0 Å². The van der Waals surface area contributed by atoms with Crippen molar-refractivity contribution in [3.05, 3.63) is 30.3 Å². The summed E-state index contributed by atoms with van der Waals surface area (Å²) in [5.74, 6) is 0. The molecule has 0 spiro atoms. The van der Waals surface area contributed by atoms with Crippen LogP contribution in [0.4, 0.5) is 0 Å². The summed E-state index contributed by atoms with van der Waals surface area (Å²) in [4.78, 5) is 4.17. The SMILES string of the molecule is NC(CCO)c1cc2ccoc2cn1. The summed E-state index contributed by atoms with van der Waals surface area (Å²) in [6, 6.07) is 3.55. The molecule has 0 aliphatic carbocycles. The van der Waals surface area contributed by atoms with E-state index in [1.165, 1.54) is 0 Å². The predicted octanol–water partition coefficient (Wildman–Crippen LogP) is 1.21. The van der Waals surface area contributed by atoms with Gasteiger partial charge in [-0.3, -0.25) is 4.98 Å². The Bertz CT molecular complexity index is 425. The van der Waals surface area contributed by atoms with Gasteiger partial charge < -0.3 is 15.3 Å². The van der Waals surface area contributed by atoms with Crippen LogP contribution in [0.3, 0.4) is 0 Å². The lowest BCUT2D eigenvalue weighted by Crippen LogP contribution is -2.13. The van der Waals surface area contributed by atoms with Crippen molar-refractivity contribution in [3.8, 4) is 0 Å². The van der Waals surface area contributed by atoms with E-state index in [9.17, 15) is 0 Å². The first-order chi connectivity index (χ1) is 6.81. The highest BCUT2D eigenvalue weighted by Crippen LogP contribution is 2.18. The zero-order valence-corrected chi connectivity index (χ0v) is 7.68. The number of hydrogen-bond donors (Lipinski definition) is 2. The third-order valence-electron chi connectivity index (χ3n) is 2.18. The maximum absolute atomic E-state index is 8.74. The molecule has 1 unspecified atom stereocenters. The summed E-state index contributed by atoms with van der Waals surface area (Å²) < 4.78 is 5.16. The Morgan fingerprint density at radius 2 is 2.43 bits per heavy atom. The Kier molecular flexibility index (Phi) is 2.47. The molecule has 0 saturated heterocycles. The van der Waals surface area contributed by atoms with Crippen LogP contribution in [0.5, 0.6) is 0 Å². The average Bonchev–Trinajstić information content (AvgIpc) is 2.64. The zero-order valence-electron chi connectivity index (χ0n) is 7.68. The van der Waals surface area contributed by atoms with Crippen molar-refractivity contribution in [1.82, 2.24) is 4.98 Å².